The number of alkyl carbamates (subject to hydrolysis) is 1. The Balaban J connectivity index is -0.00000132. The van der Waals surface area contributed by atoms with Crippen LogP contribution in [0.25, 0.3) is 0 Å². The van der Waals surface area contributed by atoms with E-state index in [0.29, 0.717) is 13.1 Å². The van der Waals surface area contributed by atoms with Gasteiger partial charge in [0.25, 0.3) is 0 Å². The number of nitrogens with zero attached hydrogens (tertiary/aromatic N) is 2. The van der Waals surface area contributed by atoms with Crippen LogP contribution >= 0.6 is 11.8 Å². The summed E-state index contributed by atoms with van der Waals surface area (Å²) in [5, 5.41) is 11.7. The second kappa shape index (κ2) is 21.4. The SMILES string of the molecule is CC.CC.COC(=O)NC[CH-]CN(C(=O)O)c1cc(F)c(N2CCSCC2)c(F)c1.[CH3-].[Cs+]. The molecular formula is C21H35CsF2N3O4S-. The van der Waals surface area contributed by atoms with E-state index in [1.807, 2.05) is 27.7 Å². The van der Waals surface area contributed by atoms with Crippen LogP contribution in [0.5, 0.6) is 0 Å². The van der Waals surface area contributed by atoms with Gasteiger partial charge >= 0.3 is 81.1 Å². The molecule has 32 heavy (non-hydrogen) atoms. The first-order valence-electron chi connectivity index (χ1n) is 9.89. The second-order valence-corrected chi connectivity index (χ2v) is 6.64. The van der Waals surface area contributed by atoms with Gasteiger partial charge in [-0.1, -0.05) is 34.2 Å². The van der Waals surface area contributed by atoms with Gasteiger partial charge in [-0.3, -0.25) is 6.42 Å². The fourth-order valence-corrected chi connectivity index (χ4v) is 3.42. The quantitative estimate of drug-likeness (QED) is 0.387. The van der Waals surface area contributed by atoms with Crippen LogP contribution in [0.4, 0.5) is 29.7 Å². The van der Waals surface area contributed by atoms with Crippen molar-refractivity contribution in [3.05, 3.63) is 37.6 Å². The van der Waals surface area contributed by atoms with E-state index in [0.717, 1.165) is 28.5 Å². The maximum atomic E-state index is 14.5. The van der Waals surface area contributed by atoms with Crippen LogP contribution in [-0.2, 0) is 4.74 Å². The summed E-state index contributed by atoms with van der Waals surface area (Å²) >= 11 is 1.72. The number of carbonyl (C=O) groups is 2. The van der Waals surface area contributed by atoms with Gasteiger partial charge in [0.05, 0.1) is 7.11 Å². The summed E-state index contributed by atoms with van der Waals surface area (Å²) in [4.78, 5) is 24.8. The normalized spacial score (nSPS) is 11.8. The van der Waals surface area contributed by atoms with Gasteiger partial charge in [-0.25, -0.2) is 18.4 Å². The van der Waals surface area contributed by atoms with Crippen LogP contribution in [-0.4, -0.2) is 62.1 Å². The van der Waals surface area contributed by atoms with Gasteiger partial charge in [-0.05, 0) is 12.1 Å². The van der Waals surface area contributed by atoms with Crippen molar-refractivity contribution in [2.45, 2.75) is 27.7 Å². The van der Waals surface area contributed by atoms with E-state index in [1.54, 1.807) is 16.7 Å². The van der Waals surface area contributed by atoms with Gasteiger partial charge in [0, 0.05) is 30.3 Å². The van der Waals surface area contributed by atoms with Gasteiger partial charge in [0.2, 0.25) is 0 Å². The Bertz CT molecular complexity index is 643. The van der Waals surface area contributed by atoms with Crippen LogP contribution in [0, 0.1) is 25.5 Å². The molecule has 1 aromatic carbocycles. The van der Waals surface area contributed by atoms with Crippen LogP contribution in [0.3, 0.4) is 0 Å². The van der Waals surface area contributed by atoms with E-state index in [2.05, 4.69) is 10.1 Å². The van der Waals surface area contributed by atoms with Crippen molar-refractivity contribution in [1.29, 1.82) is 0 Å². The zero-order valence-corrected chi connectivity index (χ0v) is 27.3. The van der Waals surface area contributed by atoms with Crippen molar-refractivity contribution >= 4 is 35.3 Å². The summed E-state index contributed by atoms with van der Waals surface area (Å²) in [6, 6.07) is 2.02. The molecule has 1 saturated heterocycles. The number of carbonyl (C=O) groups excluding carboxylic acids is 1. The second-order valence-electron chi connectivity index (χ2n) is 5.41. The summed E-state index contributed by atoms with van der Waals surface area (Å²) in [5.41, 5.74) is -0.243. The Morgan fingerprint density at radius 2 is 1.69 bits per heavy atom. The van der Waals surface area contributed by atoms with E-state index in [-0.39, 0.29) is 101 Å². The summed E-state index contributed by atoms with van der Waals surface area (Å²) in [7, 11) is 1.20. The number of hydrogen-bond acceptors (Lipinski definition) is 5. The summed E-state index contributed by atoms with van der Waals surface area (Å²) < 4.78 is 33.3. The van der Waals surface area contributed by atoms with E-state index in [9.17, 15) is 23.5 Å². The minimum absolute atomic E-state index is 0. The Labute approximate surface area is 254 Å². The molecule has 11 heteroatoms. The first-order chi connectivity index (χ1) is 14.4. The Morgan fingerprint density at radius 1 is 1.19 bits per heavy atom. The molecule has 7 nitrogen and oxygen atoms in total. The number of methoxy groups -OCH3 is 1. The van der Waals surface area contributed by atoms with E-state index in [1.165, 1.54) is 13.5 Å². The van der Waals surface area contributed by atoms with Crippen LogP contribution < -0.4 is 84.0 Å². The number of ether oxygens (including phenoxy) is 1. The average molecular weight is 596 g/mol. The molecule has 1 aliphatic rings. The van der Waals surface area contributed by atoms with Gasteiger partial charge < -0.3 is 32.4 Å². The van der Waals surface area contributed by atoms with Crippen molar-refractivity contribution < 1.29 is 97.1 Å². The molecule has 0 saturated carbocycles. The molecule has 1 aliphatic heterocycles. The largest absolute Gasteiger partial charge is 1.00 e. The van der Waals surface area contributed by atoms with Gasteiger partial charge in [-0.15, -0.1) is 6.54 Å². The molecule has 1 heterocycles. The zero-order chi connectivity index (χ0) is 23.1. The van der Waals surface area contributed by atoms with Crippen molar-refractivity contribution in [3.8, 4) is 0 Å². The van der Waals surface area contributed by atoms with Crippen LogP contribution in [0.15, 0.2) is 12.1 Å². The van der Waals surface area contributed by atoms with Crippen LogP contribution in [0.2, 0.25) is 0 Å². The minimum atomic E-state index is -1.36. The van der Waals surface area contributed by atoms with Gasteiger partial charge in [0.1, 0.15) is 5.69 Å². The smallest absolute Gasteiger partial charge is 0.465 e. The third-order valence-corrected chi connectivity index (χ3v) is 4.70. The number of rotatable bonds is 6. The maximum absolute atomic E-state index is 14.5. The molecule has 0 radical (unpaired) electrons. The number of carboxylic acid groups (broad SMARTS) is 1. The van der Waals surface area contributed by atoms with E-state index in [4.69, 9.17) is 0 Å². The topological polar surface area (TPSA) is 82.1 Å². The predicted octanol–water partition coefficient (Wildman–Crippen LogP) is 2.07. The van der Waals surface area contributed by atoms with Gasteiger partial charge in [0.15, 0.2) is 11.6 Å². The molecule has 0 aromatic heterocycles. The summed E-state index contributed by atoms with van der Waals surface area (Å²) in [6.45, 7) is 8.96. The van der Waals surface area contributed by atoms with Crippen molar-refractivity contribution in [3.63, 3.8) is 0 Å². The predicted molar refractivity (Wildman–Crippen MR) is 125 cm³/mol. The fourth-order valence-electron chi connectivity index (χ4n) is 2.51. The molecular weight excluding hydrogens is 561 g/mol. The van der Waals surface area contributed by atoms with Crippen molar-refractivity contribution in [2.24, 2.45) is 0 Å². The molecule has 0 bridgehead atoms. The van der Waals surface area contributed by atoms with Crippen molar-refractivity contribution in [2.75, 3.05) is 54.6 Å². The average Bonchev–Trinajstić information content (AvgIpc) is 2.76. The van der Waals surface area contributed by atoms with Crippen molar-refractivity contribution in [1.82, 2.24) is 5.32 Å². The molecule has 1 fully saturated rings. The Morgan fingerprint density at radius 3 is 2.12 bits per heavy atom. The zero-order valence-electron chi connectivity index (χ0n) is 20.2. The molecule has 0 aliphatic carbocycles. The molecule has 0 spiro atoms. The molecule has 1 aromatic rings. The summed E-state index contributed by atoms with van der Waals surface area (Å²) in [5.74, 6) is -0.0367. The number of thioether (sulfide) groups is 1. The molecule has 2 amide bonds. The fraction of sp³-hybridized carbons (Fsp3) is 0.524. The third kappa shape index (κ3) is 12.3. The summed E-state index contributed by atoms with van der Waals surface area (Å²) in [6.07, 6.45) is -0.583. The number of anilines is 2. The number of halogens is 2. The van der Waals surface area contributed by atoms with E-state index < -0.39 is 23.8 Å². The monoisotopic (exact) mass is 596 g/mol. The minimum Gasteiger partial charge on any atom is -0.465 e. The Hall–Kier alpha value is -0.178. The number of nitrogens with one attached hydrogen (secondary N) is 1. The molecule has 180 valence electrons. The molecule has 0 atom stereocenters. The molecule has 2 N–H and O–H groups in total. The standard InChI is InChI=1S/C16H20F2N3O4S.2C2H6.CH3.Cs/c1-25-15(22)19-3-2-4-21(16(23)24)11-9-12(17)14(13(18)10-11)20-5-7-26-8-6-20;2*1-2;;/h2,9-10H,3-8H2,1H3,(H,19,22)(H,23,24);2*1-2H3;1H3;/q-1;;;-1;+1. The maximum Gasteiger partial charge on any atom is 1.00 e. The van der Waals surface area contributed by atoms with E-state index >= 15 is 0 Å². The Kier molecular flexibility index (Phi) is 24.3. The first kappa shape index (κ1) is 36.4. The molecule has 0 unspecified atom stereocenters. The van der Waals surface area contributed by atoms with Gasteiger partial charge in [-0.2, -0.15) is 11.8 Å². The number of hydrogen-bond donors (Lipinski definition) is 2. The number of amides is 2. The molecule has 2 rings (SSSR count). The third-order valence-electron chi connectivity index (χ3n) is 3.76. The van der Waals surface area contributed by atoms with Crippen LogP contribution in [0.1, 0.15) is 27.7 Å². The first-order valence-corrected chi connectivity index (χ1v) is 11.0. The number of benzene rings is 1.